The quantitative estimate of drug-likeness (QED) is 0.882. The van der Waals surface area contributed by atoms with E-state index < -0.39 is 5.97 Å². The second-order valence-electron chi connectivity index (χ2n) is 5.89. The summed E-state index contributed by atoms with van der Waals surface area (Å²) in [4.78, 5) is 34.1. The van der Waals surface area contributed by atoms with Gasteiger partial charge in [-0.3, -0.25) is 14.8 Å². The number of carboxylic acid groups (broad SMARTS) is 1. The van der Waals surface area contributed by atoms with Gasteiger partial charge < -0.3 is 10.0 Å². The van der Waals surface area contributed by atoms with Crippen LogP contribution in [0.5, 0.6) is 0 Å². The van der Waals surface area contributed by atoms with E-state index in [0.717, 1.165) is 25.0 Å². The minimum atomic E-state index is -1.06. The van der Waals surface area contributed by atoms with Crippen LogP contribution in [0.3, 0.4) is 0 Å². The third-order valence-electron chi connectivity index (χ3n) is 4.34. The van der Waals surface area contributed by atoms with E-state index in [0.29, 0.717) is 13.0 Å². The molecule has 3 rings (SSSR count). The predicted octanol–water partition coefficient (Wildman–Crippen LogP) is 2.41. The number of carbonyl (C=O) groups excluding carboxylic acids is 1. The number of carbonyl (C=O) groups is 2. The van der Waals surface area contributed by atoms with Crippen LogP contribution in [-0.4, -0.2) is 44.4 Å². The van der Waals surface area contributed by atoms with Crippen LogP contribution in [0.2, 0.25) is 0 Å². The number of aromatic carboxylic acids is 1. The molecule has 1 N–H and O–H groups in total. The molecule has 2 heterocycles. The van der Waals surface area contributed by atoms with Crippen molar-refractivity contribution in [3.05, 3.63) is 59.7 Å². The number of pyridine rings is 2. The molecule has 6 heteroatoms. The molecule has 0 spiro atoms. The highest BCUT2D eigenvalue weighted by molar-refractivity contribution is 5.96. The Kier molecular flexibility index (Phi) is 4.84. The zero-order valence-corrected chi connectivity index (χ0v) is 13.3. The van der Waals surface area contributed by atoms with Gasteiger partial charge in [-0.1, -0.05) is 6.07 Å². The van der Waals surface area contributed by atoms with Crippen molar-refractivity contribution in [2.75, 3.05) is 6.54 Å². The molecule has 0 unspecified atom stereocenters. The first-order valence-electron chi connectivity index (χ1n) is 8.05. The van der Waals surface area contributed by atoms with Gasteiger partial charge in [-0.25, -0.2) is 4.79 Å². The number of rotatable bonds is 6. The van der Waals surface area contributed by atoms with E-state index in [4.69, 9.17) is 5.11 Å². The number of amides is 1. The van der Waals surface area contributed by atoms with Crippen LogP contribution in [-0.2, 0) is 6.42 Å². The van der Waals surface area contributed by atoms with Crippen LogP contribution in [0.15, 0.2) is 42.7 Å². The Balaban J connectivity index is 1.76. The van der Waals surface area contributed by atoms with Crippen LogP contribution in [0.1, 0.15) is 45.8 Å². The second kappa shape index (κ2) is 7.21. The lowest BCUT2D eigenvalue weighted by Crippen LogP contribution is -2.45. The van der Waals surface area contributed by atoms with Gasteiger partial charge in [0.2, 0.25) is 0 Å². The highest BCUT2D eigenvalue weighted by Crippen LogP contribution is 2.26. The first-order valence-corrected chi connectivity index (χ1v) is 8.05. The number of nitrogens with zero attached hydrogens (tertiary/aromatic N) is 3. The Morgan fingerprint density at radius 2 is 2.00 bits per heavy atom. The molecule has 1 aliphatic rings. The van der Waals surface area contributed by atoms with E-state index in [9.17, 15) is 9.59 Å². The highest BCUT2D eigenvalue weighted by Gasteiger charge is 2.30. The van der Waals surface area contributed by atoms with Crippen molar-refractivity contribution < 1.29 is 14.7 Å². The third-order valence-corrected chi connectivity index (χ3v) is 4.34. The average molecular weight is 325 g/mol. The first kappa shape index (κ1) is 16.1. The van der Waals surface area contributed by atoms with Gasteiger partial charge in [0.1, 0.15) is 5.69 Å². The van der Waals surface area contributed by atoms with Crippen molar-refractivity contribution in [1.29, 1.82) is 0 Å². The summed E-state index contributed by atoms with van der Waals surface area (Å²) in [5.74, 6) is -1.27. The molecular weight excluding hydrogens is 306 g/mol. The maximum absolute atomic E-state index is 12.8. The molecule has 6 nitrogen and oxygen atoms in total. The van der Waals surface area contributed by atoms with Crippen molar-refractivity contribution in [2.45, 2.75) is 31.7 Å². The molecule has 0 bridgehead atoms. The van der Waals surface area contributed by atoms with E-state index in [2.05, 4.69) is 9.97 Å². The Morgan fingerprint density at radius 1 is 1.17 bits per heavy atom. The standard InChI is InChI=1S/C18H19N3O3/c22-17(16-12-13(18(23)24)7-10-20-16)21(15-5-3-6-15)11-8-14-4-1-2-9-19-14/h1-2,4,7,9-10,12,15H,3,5-6,8,11H2,(H,23,24). The van der Waals surface area contributed by atoms with Crippen molar-refractivity contribution in [2.24, 2.45) is 0 Å². The Bertz CT molecular complexity index is 729. The van der Waals surface area contributed by atoms with Gasteiger partial charge >= 0.3 is 5.97 Å². The number of carboxylic acids is 1. The lowest BCUT2D eigenvalue weighted by Gasteiger charge is -2.37. The number of hydrogen-bond donors (Lipinski definition) is 1. The first-order chi connectivity index (χ1) is 11.6. The Morgan fingerprint density at radius 3 is 2.62 bits per heavy atom. The lowest BCUT2D eigenvalue weighted by molar-refractivity contribution is 0.0576. The smallest absolute Gasteiger partial charge is 0.335 e. The largest absolute Gasteiger partial charge is 0.478 e. The summed E-state index contributed by atoms with van der Waals surface area (Å²) < 4.78 is 0. The number of hydrogen-bond acceptors (Lipinski definition) is 4. The Hall–Kier alpha value is -2.76. The van der Waals surface area contributed by atoms with E-state index in [1.807, 2.05) is 23.1 Å². The summed E-state index contributed by atoms with van der Waals surface area (Å²) >= 11 is 0. The maximum atomic E-state index is 12.8. The molecule has 1 aliphatic carbocycles. The van der Waals surface area contributed by atoms with Gasteiger partial charge in [0.25, 0.3) is 5.91 Å². The maximum Gasteiger partial charge on any atom is 0.335 e. The van der Waals surface area contributed by atoms with Crippen molar-refractivity contribution >= 4 is 11.9 Å². The zero-order chi connectivity index (χ0) is 16.9. The summed E-state index contributed by atoms with van der Waals surface area (Å²) in [5.41, 5.74) is 1.19. The summed E-state index contributed by atoms with van der Waals surface area (Å²) in [6, 6.07) is 8.66. The van der Waals surface area contributed by atoms with Gasteiger partial charge in [0.05, 0.1) is 5.56 Å². The van der Waals surface area contributed by atoms with Crippen molar-refractivity contribution in [1.82, 2.24) is 14.9 Å². The average Bonchev–Trinajstić information content (AvgIpc) is 2.57. The lowest BCUT2D eigenvalue weighted by atomic mass is 9.91. The normalized spacial score (nSPS) is 14.0. The van der Waals surface area contributed by atoms with Gasteiger partial charge in [0, 0.05) is 37.1 Å². The molecule has 124 valence electrons. The predicted molar refractivity (Wildman–Crippen MR) is 87.8 cm³/mol. The molecule has 0 atom stereocenters. The summed E-state index contributed by atoms with van der Waals surface area (Å²) in [6.45, 7) is 0.555. The van der Waals surface area contributed by atoms with Crippen LogP contribution >= 0.6 is 0 Å². The van der Waals surface area contributed by atoms with E-state index in [1.54, 1.807) is 6.20 Å². The molecule has 1 fully saturated rings. The molecule has 0 radical (unpaired) electrons. The molecule has 0 aliphatic heterocycles. The SMILES string of the molecule is O=C(O)c1ccnc(C(=O)N(CCc2ccccn2)C2CCC2)c1. The molecule has 0 saturated heterocycles. The molecule has 1 amide bonds. The summed E-state index contributed by atoms with van der Waals surface area (Å²) in [7, 11) is 0. The van der Waals surface area contributed by atoms with Crippen LogP contribution < -0.4 is 0 Å². The third kappa shape index (κ3) is 3.59. The molecule has 0 aromatic carbocycles. The van der Waals surface area contributed by atoms with Crippen LogP contribution in [0.25, 0.3) is 0 Å². The fourth-order valence-corrected chi connectivity index (χ4v) is 2.76. The van der Waals surface area contributed by atoms with Gasteiger partial charge in [-0.15, -0.1) is 0 Å². The second-order valence-corrected chi connectivity index (χ2v) is 5.89. The van der Waals surface area contributed by atoms with Gasteiger partial charge in [-0.05, 0) is 43.5 Å². The highest BCUT2D eigenvalue weighted by atomic mass is 16.4. The van der Waals surface area contributed by atoms with Crippen LogP contribution in [0, 0.1) is 0 Å². The monoisotopic (exact) mass is 325 g/mol. The molecular formula is C18H19N3O3. The van der Waals surface area contributed by atoms with Crippen molar-refractivity contribution in [3.8, 4) is 0 Å². The van der Waals surface area contributed by atoms with E-state index in [-0.39, 0.29) is 23.2 Å². The van der Waals surface area contributed by atoms with Gasteiger partial charge in [0.15, 0.2) is 0 Å². The summed E-state index contributed by atoms with van der Waals surface area (Å²) in [5, 5.41) is 9.09. The molecule has 1 saturated carbocycles. The van der Waals surface area contributed by atoms with Crippen LogP contribution in [0.4, 0.5) is 0 Å². The fourth-order valence-electron chi connectivity index (χ4n) is 2.76. The fraction of sp³-hybridized carbons (Fsp3) is 0.333. The van der Waals surface area contributed by atoms with Crippen molar-refractivity contribution in [3.63, 3.8) is 0 Å². The minimum absolute atomic E-state index is 0.0756. The van der Waals surface area contributed by atoms with E-state index >= 15 is 0 Å². The summed E-state index contributed by atoms with van der Waals surface area (Å²) in [6.07, 6.45) is 6.85. The molecule has 2 aromatic rings. The Labute approximate surface area is 140 Å². The van der Waals surface area contributed by atoms with E-state index in [1.165, 1.54) is 18.3 Å². The molecule has 24 heavy (non-hydrogen) atoms. The number of aromatic nitrogens is 2. The molecule has 2 aromatic heterocycles. The van der Waals surface area contributed by atoms with Gasteiger partial charge in [-0.2, -0.15) is 0 Å². The minimum Gasteiger partial charge on any atom is -0.478 e. The topological polar surface area (TPSA) is 83.4 Å². The zero-order valence-electron chi connectivity index (χ0n) is 13.3.